The molecular formula is C23H28N4O4. The maximum atomic E-state index is 13.1. The van der Waals surface area contributed by atoms with Crippen LogP contribution >= 0.6 is 0 Å². The molecule has 1 aliphatic rings. The van der Waals surface area contributed by atoms with Gasteiger partial charge in [0.15, 0.2) is 0 Å². The number of carbonyl (C=O) groups excluding carboxylic acids is 2. The molecule has 0 unspecified atom stereocenters. The topological polar surface area (TPSA) is 83.1 Å². The van der Waals surface area contributed by atoms with Gasteiger partial charge in [-0.15, -0.1) is 6.58 Å². The van der Waals surface area contributed by atoms with Gasteiger partial charge in [-0.1, -0.05) is 6.08 Å². The number of nitrogens with zero attached hydrogens (tertiary/aromatic N) is 2. The van der Waals surface area contributed by atoms with E-state index in [1.807, 2.05) is 29.2 Å². The van der Waals surface area contributed by atoms with Crippen molar-refractivity contribution in [2.24, 2.45) is 0 Å². The summed E-state index contributed by atoms with van der Waals surface area (Å²) in [7, 11) is 3.21. The number of amides is 4. The predicted octanol–water partition coefficient (Wildman–Crippen LogP) is 3.84. The lowest BCUT2D eigenvalue weighted by Crippen LogP contribution is -2.49. The van der Waals surface area contributed by atoms with Crippen LogP contribution in [0.4, 0.5) is 21.0 Å². The SMILES string of the molecule is C=CCNC(=O)Nc1ccc(N2CCCN(Cc3cc(OC)cc(OC)c3)C2=O)cc1. The summed E-state index contributed by atoms with van der Waals surface area (Å²) in [5.41, 5.74) is 2.38. The van der Waals surface area contributed by atoms with Crippen LogP contribution in [0.3, 0.4) is 0 Å². The number of hydrogen-bond donors (Lipinski definition) is 2. The molecule has 1 aliphatic heterocycles. The van der Waals surface area contributed by atoms with E-state index in [1.165, 1.54) is 0 Å². The Bertz CT molecular complexity index is 907. The molecule has 2 aromatic rings. The second-order valence-electron chi connectivity index (χ2n) is 7.10. The zero-order valence-electron chi connectivity index (χ0n) is 17.9. The summed E-state index contributed by atoms with van der Waals surface area (Å²) in [4.78, 5) is 28.4. The van der Waals surface area contributed by atoms with Crippen LogP contribution < -0.4 is 25.0 Å². The fraction of sp³-hybridized carbons (Fsp3) is 0.304. The van der Waals surface area contributed by atoms with Crippen molar-refractivity contribution in [1.29, 1.82) is 0 Å². The Kier molecular flexibility index (Phi) is 7.37. The average Bonchev–Trinajstić information content (AvgIpc) is 2.79. The zero-order valence-corrected chi connectivity index (χ0v) is 17.9. The molecule has 2 N–H and O–H groups in total. The lowest BCUT2D eigenvalue weighted by Gasteiger charge is -2.35. The van der Waals surface area contributed by atoms with E-state index in [1.54, 1.807) is 43.4 Å². The molecule has 1 saturated heterocycles. The number of nitrogens with one attached hydrogen (secondary N) is 2. The van der Waals surface area contributed by atoms with Crippen molar-refractivity contribution in [1.82, 2.24) is 10.2 Å². The number of benzene rings is 2. The number of ether oxygens (including phenoxy) is 2. The maximum absolute atomic E-state index is 13.1. The summed E-state index contributed by atoms with van der Waals surface area (Å²) in [5.74, 6) is 1.38. The molecule has 164 valence electrons. The van der Waals surface area contributed by atoms with Gasteiger partial charge in [-0.3, -0.25) is 4.90 Å². The van der Waals surface area contributed by atoms with Crippen molar-refractivity contribution < 1.29 is 19.1 Å². The Morgan fingerprint density at radius 3 is 2.39 bits per heavy atom. The standard InChI is InChI=1S/C23H28N4O4/c1-4-10-24-22(28)25-18-6-8-19(9-7-18)27-12-5-11-26(23(27)29)16-17-13-20(30-2)15-21(14-17)31-3/h4,6-9,13-15H,1,5,10-12,16H2,2-3H3,(H2,24,25,28). The number of rotatable bonds is 8. The fourth-order valence-electron chi connectivity index (χ4n) is 3.41. The highest BCUT2D eigenvalue weighted by atomic mass is 16.5. The number of urea groups is 2. The lowest BCUT2D eigenvalue weighted by molar-refractivity contribution is 0.192. The van der Waals surface area contributed by atoms with E-state index in [2.05, 4.69) is 17.2 Å². The molecule has 1 fully saturated rings. The van der Waals surface area contributed by atoms with Crippen molar-refractivity contribution in [2.45, 2.75) is 13.0 Å². The van der Waals surface area contributed by atoms with E-state index >= 15 is 0 Å². The summed E-state index contributed by atoms with van der Waals surface area (Å²) in [6, 6.07) is 12.5. The third-order valence-electron chi connectivity index (χ3n) is 4.94. The highest BCUT2D eigenvalue weighted by Gasteiger charge is 2.27. The Balaban J connectivity index is 1.68. The van der Waals surface area contributed by atoms with Gasteiger partial charge in [-0.25, -0.2) is 9.59 Å². The first-order chi connectivity index (χ1) is 15.0. The molecule has 2 aromatic carbocycles. The highest BCUT2D eigenvalue weighted by molar-refractivity contribution is 5.94. The summed E-state index contributed by atoms with van der Waals surface area (Å²) in [5, 5.41) is 5.40. The van der Waals surface area contributed by atoms with Gasteiger partial charge in [-0.05, 0) is 48.4 Å². The molecule has 4 amide bonds. The van der Waals surface area contributed by atoms with Gasteiger partial charge in [0.05, 0.1) is 14.2 Å². The van der Waals surface area contributed by atoms with Crippen LogP contribution in [0, 0.1) is 0 Å². The normalized spacial score (nSPS) is 13.5. The largest absolute Gasteiger partial charge is 0.497 e. The van der Waals surface area contributed by atoms with Gasteiger partial charge in [0.25, 0.3) is 0 Å². The Labute approximate surface area is 182 Å². The number of anilines is 2. The lowest BCUT2D eigenvalue weighted by atomic mass is 10.1. The highest BCUT2D eigenvalue weighted by Crippen LogP contribution is 2.26. The second-order valence-corrected chi connectivity index (χ2v) is 7.10. The molecular weight excluding hydrogens is 396 g/mol. The van der Waals surface area contributed by atoms with Gasteiger partial charge >= 0.3 is 12.1 Å². The smallest absolute Gasteiger partial charge is 0.324 e. The quantitative estimate of drug-likeness (QED) is 0.631. The maximum Gasteiger partial charge on any atom is 0.324 e. The van der Waals surface area contributed by atoms with Crippen LogP contribution in [0.25, 0.3) is 0 Å². The first-order valence-corrected chi connectivity index (χ1v) is 10.1. The van der Waals surface area contributed by atoms with Crippen LogP contribution in [0.1, 0.15) is 12.0 Å². The molecule has 1 heterocycles. The van der Waals surface area contributed by atoms with Crippen LogP contribution in [-0.2, 0) is 6.54 Å². The summed E-state index contributed by atoms with van der Waals surface area (Å²) < 4.78 is 10.7. The van der Waals surface area contributed by atoms with Crippen LogP contribution in [0.15, 0.2) is 55.1 Å². The fourth-order valence-corrected chi connectivity index (χ4v) is 3.41. The monoisotopic (exact) mass is 424 g/mol. The second kappa shape index (κ2) is 10.4. The Morgan fingerprint density at radius 1 is 1.10 bits per heavy atom. The van der Waals surface area contributed by atoms with Gasteiger partial charge in [0, 0.05) is 43.6 Å². The molecule has 0 atom stereocenters. The zero-order chi connectivity index (χ0) is 22.2. The first-order valence-electron chi connectivity index (χ1n) is 10.1. The van der Waals surface area contributed by atoms with E-state index in [9.17, 15) is 9.59 Å². The first kappa shape index (κ1) is 22.0. The summed E-state index contributed by atoms with van der Waals surface area (Å²) >= 11 is 0. The van der Waals surface area contributed by atoms with Crippen molar-refractivity contribution in [3.8, 4) is 11.5 Å². The molecule has 0 spiro atoms. The van der Waals surface area contributed by atoms with E-state index in [0.29, 0.717) is 43.4 Å². The minimum absolute atomic E-state index is 0.0579. The van der Waals surface area contributed by atoms with Gasteiger partial charge in [0.1, 0.15) is 11.5 Å². The molecule has 0 radical (unpaired) electrons. The molecule has 8 nitrogen and oxygen atoms in total. The average molecular weight is 425 g/mol. The minimum atomic E-state index is -0.304. The Morgan fingerprint density at radius 2 is 1.77 bits per heavy atom. The molecule has 8 heteroatoms. The number of methoxy groups -OCH3 is 2. The van der Waals surface area contributed by atoms with Crippen molar-refractivity contribution >= 4 is 23.4 Å². The third-order valence-corrected chi connectivity index (χ3v) is 4.94. The van der Waals surface area contributed by atoms with E-state index in [-0.39, 0.29) is 12.1 Å². The summed E-state index contributed by atoms with van der Waals surface area (Å²) in [6.45, 7) is 5.74. The van der Waals surface area contributed by atoms with Gasteiger partial charge in [-0.2, -0.15) is 0 Å². The molecule has 31 heavy (non-hydrogen) atoms. The van der Waals surface area contributed by atoms with Crippen LogP contribution in [0.2, 0.25) is 0 Å². The number of carbonyl (C=O) groups is 2. The van der Waals surface area contributed by atoms with Crippen molar-refractivity contribution in [2.75, 3.05) is 44.1 Å². The predicted molar refractivity (Wildman–Crippen MR) is 121 cm³/mol. The Hall–Kier alpha value is -3.68. The van der Waals surface area contributed by atoms with Gasteiger partial charge in [0.2, 0.25) is 0 Å². The van der Waals surface area contributed by atoms with E-state index in [4.69, 9.17) is 9.47 Å². The molecule has 0 bridgehead atoms. The summed E-state index contributed by atoms with van der Waals surface area (Å²) in [6.07, 6.45) is 2.47. The molecule has 3 rings (SSSR count). The van der Waals surface area contributed by atoms with Gasteiger partial charge < -0.3 is 25.0 Å². The van der Waals surface area contributed by atoms with E-state index in [0.717, 1.165) is 17.7 Å². The third kappa shape index (κ3) is 5.69. The molecule has 0 aliphatic carbocycles. The van der Waals surface area contributed by atoms with Crippen molar-refractivity contribution in [3.63, 3.8) is 0 Å². The van der Waals surface area contributed by atoms with E-state index < -0.39 is 0 Å². The van der Waals surface area contributed by atoms with Crippen LogP contribution in [0.5, 0.6) is 11.5 Å². The molecule has 0 saturated carbocycles. The number of hydrogen-bond acceptors (Lipinski definition) is 4. The van der Waals surface area contributed by atoms with Crippen molar-refractivity contribution in [3.05, 3.63) is 60.7 Å². The molecule has 0 aromatic heterocycles. The minimum Gasteiger partial charge on any atom is -0.497 e. The van der Waals surface area contributed by atoms with Crippen LogP contribution in [-0.4, -0.2) is 50.8 Å².